The zero-order valence-electron chi connectivity index (χ0n) is 16.4. The predicted octanol–water partition coefficient (Wildman–Crippen LogP) is 4.10. The van der Waals surface area contributed by atoms with Crippen molar-refractivity contribution < 1.29 is 18.1 Å². The second kappa shape index (κ2) is 9.51. The summed E-state index contributed by atoms with van der Waals surface area (Å²) in [4.78, 5) is 10.2. The molecule has 0 bridgehead atoms. The summed E-state index contributed by atoms with van der Waals surface area (Å²) in [5.41, 5.74) is 1.95. The van der Waals surface area contributed by atoms with Crippen LogP contribution in [0.1, 0.15) is 23.5 Å². The number of sulfonamides is 1. The number of nitrogens with zero attached hydrogens (tertiary/aromatic N) is 1. The fourth-order valence-corrected chi connectivity index (χ4v) is 4.50. The molecular formula is C22H22N2O5S. The van der Waals surface area contributed by atoms with Gasteiger partial charge in [-0.05, 0) is 23.6 Å². The van der Waals surface area contributed by atoms with E-state index in [-0.39, 0.29) is 28.8 Å². The monoisotopic (exact) mass is 426 g/mol. The first kappa shape index (κ1) is 21.5. The van der Waals surface area contributed by atoms with E-state index >= 15 is 0 Å². The Morgan fingerprint density at radius 2 is 1.53 bits per heavy atom. The lowest BCUT2D eigenvalue weighted by molar-refractivity contribution is -0.385. The Morgan fingerprint density at radius 1 is 0.967 bits per heavy atom. The van der Waals surface area contributed by atoms with Gasteiger partial charge < -0.3 is 4.74 Å². The molecule has 0 aliphatic heterocycles. The Kier molecular flexibility index (Phi) is 6.81. The third-order valence-electron chi connectivity index (χ3n) is 4.78. The Morgan fingerprint density at radius 3 is 2.03 bits per heavy atom. The van der Waals surface area contributed by atoms with Crippen LogP contribution in [-0.2, 0) is 10.0 Å². The van der Waals surface area contributed by atoms with E-state index in [2.05, 4.69) is 4.72 Å². The molecule has 156 valence electrons. The second-order valence-electron chi connectivity index (χ2n) is 6.65. The quantitative estimate of drug-likeness (QED) is 0.410. The lowest BCUT2D eigenvalue weighted by Crippen LogP contribution is -2.26. The number of nitro benzene ring substituents is 1. The van der Waals surface area contributed by atoms with Crippen molar-refractivity contribution in [3.63, 3.8) is 0 Å². The molecule has 3 rings (SSSR count). The minimum atomic E-state index is -3.90. The number of nitrogens with one attached hydrogen (secondary N) is 1. The highest BCUT2D eigenvalue weighted by Crippen LogP contribution is 2.30. The highest BCUT2D eigenvalue weighted by molar-refractivity contribution is 7.89. The van der Waals surface area contributed by atoms with Crippen molar-refractivity contribution in [3.05, 3.63) is 100 Å². The lowest BCUT2D eigenvalue weighted by atomic mass is 9.89. The van der Waals surface area contributed by atoms with Crippen LogP contribution >= 0.6 is 0 Å². The first-order valence-electron chi connectivity index (χ1n) is 9.34. The van der Waals surface area contributed by atoms with Gasteiger partial charge in [0.05, 0.1) is 18.1 Å². The molecule has 0 spiro atoms. The van der Waals surface area contributed by atoms with Crippen LogP contribution in [0.3, 0.4) is 0 Å². The van der Waals surface area contributed by atoms with Gasteiger partial charge in [0.25, 0.3) is 5.69 Å². The summed E-state index contributed by atoms with van der Waals surface area (Å²) in [6.07, 6.45) is 0.544. The maximum atomic E-state index is 12.8. The highest BCUT2D eigenvalue weighted by atomic mass is 32.2. The minimum Gasteiger partial charge on any atom is -0.495 e. The molecule has 0 aromatic heterocycles. The Bertz CT molecular complexity index is 1060. The molecule has 8 heteroatoms. The summed E-state index contributed by atoms with van der Waals surface area (Å²) in [5.74, 6) is -0.0479. The van der Waals surface area contributed by atoms with Gasteiger partial charge in [-0.15, -0.1) is 0 Å². The number of rotatable bonds is 9. The molecule has 0 fully saturated rings. The SMILES string of the molecule is COc1cc([N+](=O)[O-])ccc1S(=O)(=O)NCCC(c1ccccc1)c1ccccc1. The molecule has 7 nitrogen and oxygen atoms in total. The molecule has 0 amide bonds. The molecule has 0 unspecified atom stereocenters. The Labute approximate surface area is 175 Å². The fraction of sp³-hybridized carbons (Fsp3) is 0.182. The average Bonchev–Trinajstić information content (AvgIpc) is 2.77. The van der Waals surface area contributed by atoms with Crippen LogP contribution in [0.4, 0.5) is 5.69 Å². The number of hydrogen-bond donors (Lipinski definition) is 1. The van der Waals surface area contributed by atoms with Gasteiger partial charge in [-0.25, -0.2) is 13.1 Å². The third-order valence-corrected chi connectivity index (χ3v) is 6.28. The zero-order chi connectivity index (χ0) is 21.6. The van der Waals surface area contributed by atoms with Gasteiger partial charge in [0.15, 0.2) is 0 Å². The number of methoxy groups -OCH3 is 1. The zero-order valence-corrected chi connectivity index (χ0v) is 17.2. The van der Waals surface area contributed by atoms with Crippen LogP contribution in [-0.4, -0.2) is 27.0 Å². The van der Waals surface area contributed by atoms with E-state index in [1.807, 2.05) is 60.7 Å². The molecule has 3 aromatic rings. The van der Waals surface area contributed by atoms with E-state index in [0.717, 1.165) is 23.3 Å². The van der Waals surface area contributed by atoms with E-state index in [1.165, 1.54) is 13.2 Å². The van der Waals surface area contributed by atoms with Gasteiger partial charge in [0, 0.05) is 18.5 Å². The van der Waals surface area contributed by atoms with Crippen LogP contribution < -0.4 is 9.46 Å². The first-order valence-corrected chi connectivity index (χ1v) is 10.8. The molecule has 0 aliphatic rings. The van der Waals surface area contributed by atoms with Crippen LogP contribution in [0.15, 0.2) is 83.8 Å². The summed E-state index contributed by atoms with van der Waals surface area (Å²) in [5, 5.41) is 10.9. The minimum absolute atomic E-state index is 0.0221. The molecule has 1 N–H and O–H groups in total. The van der Waals surface area contributed by atoms with Crippen molar-refractivity contribution in [2.24, 2.45) is 0 Å². The number of hydrogen-bond acceptors (Lipinski definition) is 5. The normalized spacial score (nSPS) is 11.4. The number of benzene rings is 3. The molecule has 0 radical (unpaired) electrons. The van der Waals surface area contributed by atoms with E-state index in [4.69, 9.17) is 4.74 Å². The Hall–Kier alpha value is -3.23. The first-order chi connectivity index (χ1) is 14.4. The molecule has 0 saturated carbocycles. The van der Waals surface area contributed by atoms with Gasteiger partial charge in [-0.2, -0.15) is 0 Å². The van der Waals surface area contributed by atoms with Crippen molar-refractivity contribution >= 4 is 15.7 Å². The van der Waals surface area contributed by atoms with E-state index in [9.17, 15) is 18.5 Å². The van der Waals surface area contributed by atoms with Crippen molar-refractivity contribution in [2.45, 2.75) is 17.2 Å². The van der Waals surface area contributed by atoms with Crippen LogP contribution in [0, 0.1) is 10.1 Å². The largest absolute Gasteiger partial charge is 0.495 e. The van der Waals surface area contributed by atoms with Crippen molar-refractivity contribution in [1.29, 1.82) is 0 Å². The molecule has 0 heterocycles. The van der Waals surface area contributed by atoms with Gasteiger partial charge in [0.1, 0.15) is 10.6 Å². The maximum Gasteiger partial charge on any atom is 0.273 e. The smallest absolute Gasteiger partial charge is 0.273 e. The summed E-state index contributed by atoms with van der Waals surface area (Å²) in [6.45, 7) is 0.191. The van der Waals surface area contributed by atoms with Crippen molar-refractivity contribution in [2.75, 3.05) is 13.7 Å². The maximum absolute atomic E-state index is 12.8. The topological polar surface area (TPSA) is 98.5 Å². The van der Waals surface area contributed by atoms with E-state index in [1.54, 1.807) is 0 Å². The molecule has 0 atom stereocenters. The van der Waals surface area contributed by atoms with Gasteiger partial charge in [0.2, 0.25) is 10.0 Å². The van der Waals surface area contributed by atoms with Crippen LogP contribution in [0.5, 0.6) is 5.75 Å². The fourth-order valence-electron chi connectivity index (χ4n) is 3.30. The third kappa shape index (κ3) is 5.03. The Balaban J connectivity index is 1.79. The highest BCUT2D eigenvalue weighted by Gasteiger charge is 2.23. The summed E-state index contributed by atoms with van der Waals surface area (Å²) < 4.78 is 33.2. The summed E-state index contributed by atoms with van der Waals surface area (Å²) in [7, 11) is -2.63. The standard InChI is InChI=1S/C22H22N2O5S/c1-29-21-16-19(24(25)26)12-13-22(21)30(27,28)23-15-14-20(17-8-4-2-5-9-17)18-10-6-3-7-11-18/h2-13,16,20,23H,14-15H2,1H3. The van der Waals surface area contributed by atoms with E-state index in [0.29, 0.717) is 6.42 Å². The average molecular weight is 426 g/mol. The summed E-state index contributed by atoms with van der Waals surface area (Å²) in [6, 6.07) is 23.2. The van der Waals surface area contributed by atoms with Gasteiger partial charge >= 0.3 is 0 Å². The number of ether oxygens (including phenoxy) is 1. The van der Waals surface area contributed by atoms with Crippen LogP contribution in [0.25, 0.3) is 0 Å². The van der Waals surface area contributed by atoms with Crippen molar-refractivity contribution in [1.82, 2.24) is 4.72 Å². The summed E-state index contributed by atoms with van der Waals surface area (Å²) >= 11 is 0. The van der Waals surface area contributed by atoms with Crippen molar-refractivity contribution in [3.8, 4) is 5.75 Å². The number of nitro groups is 1. The van der Waals surface area contributed by atoms with E-state index < -0.39 is 14.9 Å². The van der Waals surface area contributed by atoms with Crippen LogP contribution in [0.2, 0.25) is 0 Å². The van der Waals surface area contributed by atoms with Gasteiger partial charge in [-0.1, -0.05) is 60.7 Å². The molecule has 0 aliphatic carbocycles. The molecular weight excluding hydrogens is 404 g/mol. The predicted molar refractivity (Wildman–Crippen MR) is 114 cm³/mol. The second-order valence-corrected chi connectivity index (χ2v) is 8.39. The molecule has 3 aromatic carbocycles. The number of non-ortho nitro benzene ring substituents is 1. The molecule has 30 heavy (non-hydrogen) atoms. The lowest BCUT2D eigenvalue weighted by Gasteiger charge is -2.19. The molecule has 0 saturated heterocycles. The van der Waals surface area contributed by atoms with Gasteiger partial charge in [-0.3, -0.25) is 10.1 Å².